The third kappa shape index (κ3) is 3.83. The van der Waals surface area contributed by atoms with Crippen molar-refractivity contribution in [2.24, 2.45) is 0 Å². The zero-order chi connectivity index (χ0) is 12.0. The van der Waals surface area contributed by atoms with Crippen LogP contribution in [0.25, 0.3) is 0 Å². The van der Waals surface area contributed by atoms with Crippen LogP contribution in [0.5, 0.6) is 0 Å². The van der Waals surface area contributed by atoms with E-state index in [1.54, 1.807) is 17.0 Å². The molecule has 1 unspecified atom stereocenters. The van der Waals surface area contributed by atoms with Crippen molar-refractivity contribution in [1.29, 1.82) is 0 Å². The van der Waals surface area contributed by atoms with Gasteiger partial charge in [0.05, 0.1) is 0 Å². The van der Waals surface area contributed by atoms with E-state index in [-0.39, 0.29) is 5.56 Å². The fraction of sp³-hybridized carbons (Fsp3) is 0.636. The minimum Gasteiger partial charge on any atom is -0.312 e. The number of hydrogen-bond donors (Lipinski definition) is 0. The molecule has 0 saturated heterocycles. The predicted octanol–water partition coefficient (Wildman–Crippen LogP) is 2.76. The van der Waals surface area contributed by atoms with Crippen LogP contribution < -0.4 is 5.56 Å². The van der Waals surface area contributed by atoms with Crippen LogP contribution in [-0.4, -0.2) is 20.7 Å². The minimum absolute atomic E-state index is 0.00997. The Morgan fingerprint density at radius 3 is 3.00 bits per heavy atom. The number of thioether (sulfide) groups is 1. The molecule has 0 spiro atoms. The first-order valence-corrected chi connectivity index (χ1v) is 6.88. The van der Waals surface area contributed by atoms with Crippen LogP contribution in [0.15, 0.2) is 22.2 Å². The highest BCUT2D eigenvalue weighted by Gasteiger charge is 2.09. The number of halogens is 1. The first-order valence-electron chi connectivity index (χ1n) is 5.47. The number of aromatic nitrogens is 2. The molecular formula is C11H17ClN2OS. The van der Waals surface area contributed by atoms with Gasteiger partial charge in [0, 0.05) is 30.1 Å². The van der Waals surface area contributed by atoms with Crippen LogP contribution in [0.4, 0.5) is 0 Å². The van der Waals surface area contributed by atoms with Crippen molar-refractivity contribution in [3.63, 3.8) is 0 Å². The molecule has 1 rings (SSSR count). The van der Waals surface area contributed by atoms with E-state index in [0.717, 1.165) is 19.4 Å². The quantitative estimate of drug-likeness (QED) is 0.583. The van der Waals surface area contributed by atoms with Crippen molar-refractivity contribution in [2.45, 2.75) is 43.5 Å². The molecule has 1 aromatic heterocycles. The van der Waals surface area contributed by atoms with Crippen molar-refractivity contribution in [1.82, 2.24) is 9.55 Å². The number of hydrogen-bond acceptors (Lipinski definition) is 3. The summed E-state index contributed by atoms with van der Waals surface area (Å²) in [7, 11) is 0. The van der Waals surface area contributed by atoms with Gasteiger partial charge in [0.15, 0.2) is 5.03 Å². The zero-order valence-electron chi connectivity index (χ0n) is 9.65. The Labute approximate surface area is 105 Å². The van der Waals surface area contributed by atoms with Gasteiger partial charge in [-0.25, -0.2) is 4.98 Å². The Bertz CT molecular complexity index is 380. The SMILES string of the molecule is CCCn1ccnc(SC(C)CCCl)c1=O. The van der Waals surface area contributed by atoms with E-state index >= 15 is 0 Å². The third-order valence-electron chi connectivity index (χ3n) is 2.18. The summed E-state index contributed by atoms with van der Waals surface area (Å²) < 4.78 is 1.71. The van der Waals surface area contributed by atoms with E-state index in [2.05, 4.69) is 18.8 Å². The summed E-state index contributed by atoms with van der Waals surface area (Å²) in [4.78, 5) is 16.1. The Hall–Kier alpha value is -0.480. The normalized spacial score (nSPS) is 12.7. The maximum absolute atomic E-state index is 11.9. The maximum Gasteiger partial charge on any atom is 0.283 e. The van der Waals surface area contributed by atoms with E-state index in [1.165, 1.54) is 11.8 Å². The van der Waals surface area contributed by atoms with Crippen LogP contribution in [0.1, 0.15) is 26.7 Å². The molecule has 0 amide bonds. The van der Waals surface area contributed by atoms with Crippen molar-refractivity contribution in [3.05, 3.63) is 22.7 Å². The molecule has 0 aliphatic rings. The minimum atomic E-state index is 0.00997. The number of nitrogens with zero attached hydrogens (tertiary/aromatic N) is 2. The van der Waals surface area contributed by atoms with Gasteiger partial charge in [0.1, 0.15) is 0 Å². The molecule has 0 aliphatic carbocycles. The lowest BCUT2D eigenvalue weighted by molar-refractivity contribution is 0.631. The standard InChI is InChI=1S/C11H17ClN2OS/c1-3-7-14-8-6-13-10(11(14)15)16-9(2)4-5-12/h6,8-9H,3-5,7H2,1-2H3. The lowest BCUT2D eigenvalue weighted by Gasteiger charge is -2.09. The molecular weight excluding hydrogens is 244 g/mol. The maximum atomic E-state index is 11.9. The summed E-state index contributed by atoms with van der Waals surface area (Å²) in [5.41, 5.74) is 0.00997. The van der Waals surface area contributed by atoms with Crippen LogP contribution in [0.2, 0.25) is 0 Å². The molecule has 5 heteroatoms. The molecule has 1 aromatic rings. The number of aryl methyl sites for hydroxylation is 1. The summed E-state index contributed by atoms with van der Waals surface area (Å²) in [5.74, 6) is 0.615. The van der Waals surface area contributed by atoms with Crippen molar-refractivity contribution < 1.29 is 0 Å². The first kappa shape index (κ1) is 13.6. The fourth-order valence-electron chi connectivity index (χ4n) is 1.33. The average molecular weight is 261 g/mol. The van der Waals surface area contributed by atoms with Crippen LogP contribution in [-0.2, 0) is 6.54 Å². The van der Waals surface area contributed by atoms with Gasteiger partial charge in [-0.1, -0.05) is 25.6 Å². The Balaban J connectivity index is 2.80. The lowest BCUT2D eigenvalue weighted by atomic mass is 10.4. The Kier molecular flexibility index (Phi) is 5.91. The van der Waals surface area contributed by atoms with Gasteiger partial charge in [-0.2, -0.15) is 0 Å². The molecule has 1 atom stereocenters. The highest BCUT2D eigenvalue weighted by molar-refractivity contribution is 7.99. The second kappa shape index (κ2) is 6.97. The molecule has 0 aliphatic heterocycles. The van der Waals surface area contributed by atoms with E-state index in [0.29, 0.717) is 16.2 Å². The van der Waals surface area contributed by atoms with Crippen LogP contribution in [0, 0.1) is 0 Å². The highest BCUT2D eigenvalue weighted by atomic mass is 35.5. The zero-order valence-corrected chi connectivity index (χ0v) is 11.2. The molecule has 0 aromatic carbocycles. The van der Waals surface area contributed by atoms with E-state index in [4.69, 9.17) is 11.6 Å². The van der Waals surface area contributed by atoms with Gasteiger partial charge >= 0.3 is 0 Å². The Morgan fingerprint density at radius 2 is 2.38 bits per heavy atom. The predicted molar refractivity (Wildman–Crippen MR) is 69.4 cm³/mol. The van der Waals surface area contributed by atoms with Gasteiger partial charge < -0.3 is 4.57 Å². The monoisotopic (exact) mass is 260 g/mol. The molecule has 0 saturated carbocycles. The van der Waals surface area contributed by atoms with E-state index in [9.17, 15) is 4.79 Å². The second-order valence-electron chi connectivity index (χ2n) is 3.64. The molecule has 0 fully saturated rings. The van der Waals surface area contributed by atoms with Crippen LogP contribution in [0.3, 0.4) is 0 Å². The number of alkyl halides is 1. The summed E-state index contributed by atoms with van der Waals surface area (Å²) in [6.07, 6.45) is 5.26. The van der Waals surface area contributed by atoms with Gasteiger partial charge in [0.2, 0.25) is 0 Å². The molecule has 1 heterocycles. The van der Waals surface area contributed by atoms with Gasteiger partial charge in [-0.05, 0) is 12.8 Å². The molecule has 16 heavy (non-hydrogen) atoms. The third-order valence-corrected chi connectivity index (χ3v) is 3.53. The van der Waals surface area contributed by atoms with Gasteiger partial charge in [0.25, 0.3) is 5.56 Å². The van der Waals surface area contributed by atoms with Crippen molar-refractivity contribution >= 4 is 23.4 Å². The molecule has 3 nitrogen and oxygen atoms in total. The summed E-state index contributed by atoms with van der Waals surface area (Å²) in [6.45, 7) is 4.86. The smallest absolute Gasteiger partial charge is 0.283 e. The average Bonchev–Trinajstić information content (AvgIpc) is 2.24. The molecule has 0 N–H and O–H groups in total. The first-order chi connectivity index (χ1) is 7.69. The highest BCUT2D eigenvalue weighted by Crippen LogP contribution is 2.20. The summed E-state index contributed by atoms with van der Waals surface area (Å²) >= 11 is 7.17. The van der Waals surface area contributed by atoms with Crippen molar-refractivity contribution in [2.75, 3.05) is 5.88 Å². The molecule has 90 valence electrons. The van der Waals surface area contributed by atoms with Crippen LogP contribution >= 0.6 is 23.4 Å². The van der Waals surface area contributed by atoms with E-state index in [1.807, 2.05) is 0 Å². The summed E-state index contributed by atoms with van der Waals surface area (Å²) in [5, 5.41) is 0.906. The fourth-order valence-corrected chi connectivity index (χ4v) is 2.74. The second-order valence-corrected chi connectivity index (χ2v) is 5.44. The molecule has 0 radical (unpaired) electrons. The lowest BCUT2D eigenvalue weighted by Crippen LogP contribution is -2.22. The largest absolute Gasteiger partial charge is 0.312 e. The summed E-state index contributed by atoms with van der Waals surface area (Å²) in [6, 6.07) is 0. The number of rotatable bonds is 6. The van der Waals surface area contributed by atoms with E-state index < -0.39 is 0 Å². The topological polar surface area (TPSA) is 34.9 Å². The Morgan fingerprint density at radius 1 is 1.62 bits per heavy atom. The van der Waals surface area contributed by atoms with Gasteiger partial charge in [-0.3, -0.25) is 4.79 Å². The van der Waals surface area contributed by atoms with Gasteiger partial charge in [-0.15, -0.1) is 11.6 Å². The van der Waals surface area contributed by atoms with Crippen molar-refractivity contribution in [3.8, 4) is 0 Å². The molecule has 0 bridgehead atoms.